The third-order valence-corrected chi connectivity index (χ3v) is 2.15. The lowest BCUT2D eigenvalue weighted by Crippen LogP contribution is -2.22. The molecule has 0 aliphatic heterocycles. The molecule has 0 bridgehead atoms. The van der Waals surface area contributed by atoms with Gasteiger partial charge in [0, 0.05) is 17.3 Å². The zero-order valence-electron chi connectivity index (χ0n) is 7.09. The summed E-state index contributed by atoms with van der Waals surface area (Å²) in [6.45, 7) is 2.52. The highest BCUT2D eigenvalue weighted by molar-refractivity contribution is 7.08. The second-order valence-corrected chi connectivity index (χ2v) is 2.96. The van der Waals surface area contributed by atoms with Crippen LogP contribution in [-0.2, 0) is 0 Å². The van der Waals surface area contributed by atoms with E-state index in [1.54, 1.807) is 12.5 Å². The van der Waals surface area contributed by atoms with Gasteiger partial charge < -0.3 is 10.1 Å². The Morgan fingerprint density at radius 2 is 2.42 bits per heavy atom. The smallest absolute Gasteiger partial charge is 0.255 e. The van der Waals surface area contributed by atoms with Gasteiger partial charge in [0.1, 0.15) is 5.75 Å². The van der Waals surface area contributed by atoms with Gasteiger partial charge in [0.05, 0.1) is 12.7 Å². The van der Waals surface area contributed by atoms with Crippen molar-refractivity contribution in [3.8, 4) is 5.75 Å². The number of carbonyl (C=O) groups excluding carboxylic acids is 1. The van der Waals surface area contributed by atoms with Crippen molar-refractivity contribution in [1.82, 2.24) is 5.32 Å². The molecule has 0 unspecified atom stereocenters. The Bertz CT molecular complexity index is 270. The zero-order chi connectivity index (χ0) is 8.97. The van der Waals surface area contributed by atoms with Gasteiger partial charge in [0.2, 0.25) is 0 Å². The molecule has 0 aliphatic rings. The molecule has 0 spiro atoms. The molecule has 1 N–H and O–H groups in total. The first-order valence-corrected chi connectivity index (χ1v) is 4.62. The van der Waals surface area contributed by atoms with E-state index in [2.05, 4.69) is 5.32 Å². The van der Waals surface area contributed by atoms with Crippen LogP contribution in [0.3, 0.4) is 0 Å². The lowest BCUT2D eigenvalue weighted by molar-refractivity contribution is 0.0953. The molecule has 0 aliphatic carbocycles. The van der Waals surface area contributed by atoms with Gasteiger partial charge in [-0.05, 0) is 6.92 Å². The normalized spacial score (nSPS) is 9.50. The van der Waals surface area contributed by atoms with Gasteiger partial charge >= 0.3 is 0 Å². The fraction of sp³-hybridized carbons (Fsp3) is 0.375. The summed E-state index contributed by atoms with van der Waals surface area (Å²) < 4.78 is 5.00. The Morgan fingerprint density at radius 3 is 3.00 bits per heavy atom. The Hall–Kier alpha value is -1.03. The number of nitrogens with one attached hydrogen (secondary N) is 1. The second-order valence-electron chi connectivity index (χ2n) is 2.21. The van der Waals surface area contributed by atoms with Crippen molar-refractivity contribution in [2.75, 3.05) is 13.7 Å². The van der Waals surface area contributed by atoms with Crippen molar-refractivity contribution in [2.45, 2.75) is 6.92 Å². The maximum Gasteiger partial charge on any atom is 0.255 e. The first-order chi connectivity index (χ1) is 5.79. The highest BCUT2D eigenvalue weighted by Crippen LogP contribution is 2.22. The monoisotopic (exact) mass is 185 g/mol. The molecule has 1 heterocycles. The minimum Gasteiger partial charge on any atom is -0.495 e. The Balaban J connectivity index is 2.79. The van der Waals surface area contributed by atoms with Crippen molar-refractivity contribution < 1.29 is 9.53 Å². The molecule has 1 rings (SSSR count). The largest absolute Gasteiger partial charge is 0.495 e. The van der Waals surface area contributed by atoms with Crippen LogP contribution >= 0.6 is 11.3 Å². The van der Waals surface area contributed by atoms with Crippen molar-refractivity contribution in [2.24, 2.45) is 0 Å². The van der Waals surface area contributed by atoms with E-state index in [0.717, 1.165) is 0 Å². The lowest BCUT2D eigenvalue weighted by Gasteiger charge is -2.01. The van der Waals surface area contributed by atoms with Crippen LogP contribution in [0.1, 0.15) is 17.3 Å². The molecule has 3 nitrogen and oxygen atoms in total. The molecule has 0 saturated carbocycles. The highest BCUT2D eigenvalue weighted by atomic mass is 32.1. The molecule has 0 radical (unpaired) electrons. The van der Waals surface area contributed by atoms with Crippen LogP contribution in [-0.4, -0.2) is 19.6 Å². The van der Waals surface area contributed by atoms with Gasteiger partial charge in [-0.1, -0.05) is 0 Å². The van der Waals surface area contributed by atoms with E-state index in [1.165, 1.54) is 11.3 Å². The molecule has 0 atom stereocenters. The van der Waals surface area contributed by atoms with Gasteiger partial charge in [-0.3, -0.25) is 4.79 Å². The van der Waals surface area contributed by atoms with E-state index in [1.807, 2.05) is 12.3 Å². The van der Waals surface area contributed by atoms with Crippen molar-refractivity contribution in [1.29, 1.82) is 0 Å². The van der Waals surface area contributed by atoms with Crippen LogP contribution in [0.25, 0.3) is 0 Å². The molecule has 0 saturated heterocycles. The fourth-order valence-electron chi connectivity index (χ4n) is 0.865. The topological polar surface area (TPSA) is 38.3 Å². The van der Waals surface area contributed by atoms with Gasteiger partial charge in [0.15, 0.2) is 0 Å². The number of hydrogen-bond donors (Lipinski definition) is 1. The molecular formula is C8H11NO2S. The molecule has 66 valence electrons. The lowest BCUT2D eigenvalue weighted by atomic mass is 10.3. The van der Waals surface area contributed by atoms with E-state index >= 15 is 0 Å². The van der Waals surface area contributed by atoms with E-state index in [4.69, 9.17) is 4.74 Å². The molecule has 12 heavy (non-hydrogen) atoms. The number of methoxy groups -OCH3 is 1. The third kappa shape index (κ3) is 1.76. The summed E-state index contributed by atoms with van der Waals surface area (Å²) in [7, 11) is 1.56. The molecule has 1 aromatic heterocycles. The van der Waals surface area contributed by atoms with Crippen LogP contribution in [0.4, 0.5) is 0 Å². The molecule has 1 amide bonds. The molecule has 4 heteroatoms. The minimum atomic E-state index is -0.0735. The number of hydrogen-bond acceptors (Lipinski definition) is 3. The van der Waals surface area contributed by atoms with Crippen LogP contribution in [0.2, 0.25) is 0 Å². The van der Waals surface area contributed by atoms with Gasteiger partial charge in [-0.2, -0.15) is 0 Å². The maximum absolute atomic E-state index is 11.3. The third-order valence-electron chi connectivity index (χ3n) is 1.43. The van der Waals surface area contributed by atoms with Crippen molar-refractivity contribution >= 4 is 17.2 Å². The maximum atomic E-state index is 11.3. The first kappa shape index (κ1) is 9.06. The average Bonchev–Trinajstić information content (AvgIpc) is 2.51. The molecule has 0 aromatic carbocycles. The van der Waals surface area contributed by atoms with Crippen LogP contribution < -0.4 is 10.1 Å². The van der Waals surface area contributed by atoms with E-state index in [9.17, 15) is 4.79 Å². The molecule has 0 fully saturated rings. The summed E-state index contributed by atoms with van der Waals surface area (Å²) in [5.74, 6) is 0.571. The SMILES string of the molecule is CCNC(=O)c1cscc1OC. The molecule has 1 aromatic rings. The Labute approximate surface area is 75.4 Å². The number of thiophene rings is 1. The number of rotatable bonds is 3. The number of amides is 1. The fourth-order valence-corrected chi connectivity index (χ4v) is 1.64. The van der Waals surface area contributed by atoms with Crippen LogP contribution in [0.15, 0.2) is 10.8 Å². The number of ether oxygens (including phenoxy) is 1. The predicted molar refractivity (Wildman–Crippen MR) is 48.9 cm³/mol. The minimum absolute atomic E-state index is 0.0735. The summed E-state index contributed by atoms with van der Waals surface area (Å²) >= 11 is 1.46. The van der Waals surface area contributed by atoms with Crippen LogP contribution in [0.5, 0.6) is 5.75 Å². The predicted octanol–water partition coefficient (Wildman–Crippen LogP) is 1.51. The standard InChI is InChI=1S/C8H11NO2S/c1-3-9-8(10)6-4-12-5-7(6)11-2/h4-5H,3H2,1-2H3,(H,9,10). The summed E-state index contributed by atoms with van der Waals surface area (Å²) in [6, 6.07) is 0. The van der Waals surface area contributed by atoms with Gasteiger partial charge in [-0.15, -0.1) is 11.3 Å². The Morgan fingerprint density at radius 1 is 1.67 bits per heavy atom. The van der Waals surface area contributed by atoms with Crippen molar-refractivity contribution in [3.63, 3.8) is 0 Å². The zero-order valence-corrected chi connectivity index (χ0v) is 7.90. The van der Waals surface area contributed by atoms with E-state index in [-0.39, 0.29) is 5.91 Å². The van der Waals surface area contributed by atoms with E-state index in [0.29, 0.717) is 17.9 Å². The summed E-state index contributed by atoms with van der Waals surface area (Å²) in [5, 5.41) is 6.30. The first-order valence-electron chi connectivity index (χ1n) is 3.68. The Kier molecular flexibility index (Phi) is 3.10. The number of carbonyl (C=O) groups is 1. The average molecular weight is 185 g/mol. The second kappa shape index (κ2) is 4.11. The summed E-state index contributed by atoms with van der Waals surface area (Å²) in [5.41, 5.74) is 0.615. The molecular weight excluding hydrogens is 174 g/mol. The summed E-state index contributed by atoms with van der Waals surface area (Å²) in [6.07, 6.45) is 0. The van der Waals surface area contributed by atoms with Crippen LogP contribution in [0, 0.1) is 0 Å². The summed E-state index contributed by atoms with van der Waals surface area (Å²) in [4.78, 5) is 11.3. The van der Waals surface area contributed by atoms with E-state index < -0.39 is 0 Å². The van der Waals surface area contributed by atoms with Gasteiger partial charge in [0.25, 0.3) is 5.91 Å². The highest BCUT2D eigenvalue weighted by Gasteiger charge is 2.11. The van der Waals surface area contributed by atoms with Crippen molar-refractivity contribution in [3.05, 3.63) is 16.3 Å². The quantitative estimate of drug-likeness (QED) is 0.775. The van der Waals surface area contributed by atoms with Gasteiger partial charge in [-0.25, -0.2) is 0 Å².